The van der Waals surface area contributed by atoms with E-state index in [1.54, 1.807) is 0 Å². The van der Waals surface area contributed by atoms with E-state index >= 15 is 0 Å². The highest BCUT2D eigenvalue weighted by molar-refractivity contribution is 5.97. The fourth-order valence-corrected chi connectivity index (χ4v) is 3.58. The van der Waals surface area contributed by atoms with Gasteiger partial charge >= 0.3 is 5.97 Å². The highest BCUT2D eigenvalue weighted by atomic mass is 16.4. The average molecular weight is 480 g/mol. The number of aromatic amines is 1. The van der Waals surface area contributed by atoms with Crippen molar-refractivity contribution < 1.29 is 33.9 Å². The van der Waals surface area contributed by atoms with Gasteiger partial charge in [0.25, 0.3) is 0 Å². The van der Waals surface area contributed by atoms with Crippen molar-refractivity contribution in [3.63, 3.8) is 0 Å². The van der Waals surface area contributed by atoms with Gasteiger partial charge in [-0.25, -0.2) is 9.78 Å². The van der Waals surface area contributed by atoms with Crippen molar-refractivity contribution in [2.75, 3.05) is 6.54 Å². The first-order chi connectivity index (χ1) is 16.0. The van der Waals surface area contributed by atoms with Crippen LogP contribution in [-0.4, -0.2) is 86.2 Å². The first kappa shape index (κ1) is 26.2. The van der Waals surface area contributed by atoms with Gasteiger partial charge in [0, 0.05) is 24.9 Å². The van der Waals surface area contributed by atoms with Crippen molar-refractivity contribution in [1.29, 1.82) is 0 Å². The lowest BCUT2D eigenvalue weighted by Crippen LogP contribution is -2.57. The normalized spacial score (nSPS) is 17.9. The van der Waals surface area contributed by atoms with Crippen LogP contribution in [0.4, 0.5) is 0 Å². The number of hydrogen-bond donors (Lipinski definition) is 7. The summed E-state index contributed by atoms with van der Waals surface area (Å²) in [5, 5.41) is 14.2. The quantitative estimate of drug-likeness (QED) is 0.154. The van der Waals surface area contributed by atoms with Gasteiger partial charge in [0.1, 0.15) is 18.1 Å². The Morgan fingerprint density at radius 3 is 2.35 bits per heavy atom. The van der Waals surface area contributed by atoms with Crippen molar-refractivity contribution in [3.05, 3.63) is 18.2 Å². The highest BCUT2D eigenvalue weighted by Crippen LogP contribution is 2.20. The molecule has 1 fully saturated rings. The van der Waals surface area contributed by atoms with E-state index in [0.29, 0.717) is 12.1 Å². The number of rotatable bonds is 12. The number of H-pyrrole nitrogens is 1. The highest BCUT2D eigenvalue weighted by Gasteiger charge is 2.39. The zero-order valence-corrected chi connectivity index (χ0v) is 18.2. The molecule has 4 atom stereocenters. The standard InChI is InChI=1S/C19H28N8O7/c20-10(5-14(21)28)16(30)25-11(6-15(22)29)18(32)27-3-1-2-13(27)17(31)26-12(19(33)34)4-9-7-23-8-24-9/h7-8,10-13H,1-6,20H2,(H2,21,28)(H2,22,29)(H,23,24)(H,25,30)(H,26,31)(H,33,34). The zero-order valence-electron chi connectivity index (χ0n) is 18.2. The third kappa shape index (κ3) is 7.26. The molecule has 186 valence electrons. The Morgan fingerprint density at radius 1 is 1.12 bits per heavy atom. The van der Waals surface area contributed by atoms with Gasteiger partial charge < -0.3 is 42.8 Å². The van der Waals surface area contributed by atoms with Crippen molar-refractivity contribution in [2.24, 2.45) is 17.2 Å². The third-order valence-corrected chi connectivity index (χ3v) is 5.21. The van der Waals surface area contributed by atoms with Crippen LogP contribution >= 0.6 is 0 Å². The fourth-order valence-electron chi connectivity index (χ4n) is 3.58. The van der Waals surface area contributed by atoms with Gasteiger partial charge in [-0.3, -0.25) is 24.0 Å². The molecule has 0 aliphatic carbocycles. The Bertz CT molecular complexity index is 935. The number of nitrogens with two attached hydrogens (primary N) is 3. The van der Waals surface area contributed by atoms with Crippen LogP contribution < -0.4 is 27.8 Å². The number of hydrogen-bond acceptors (Lipinski definition) is 8. The molecule has 1 aromatic heterocycles. The average Bonchev–Trinajstić information content (AvgIpc) is 3.43. The molecule has 0 aromatic carbocycles. The lowest BCUT2D eigenvalue weighted by Gasteiger charge is -2.29. The monoisotopic (exact) mass is 480 g/mol. The fraction of sp³-hybridized carbons (Fsp3) is 0.526. The molecule has 0 saturated carbocycles. The Labute approximate surface area is 193 Å². The number of amides is 5. The molecule has 34 heavy (non-hydrogen) atoms. The zero-order chi connectivity index (χ0) is 25.4. The molecule has 0 spiro atoms. The number of nitrogens with zero attached hydrogens (tertiary/aromatic N) is 2. The number of carbonyl (C=O) groups excluding carboxylic acids is 5. The molecule has 1 saturated heterocycles. The summed E-state index contributed by atoms with van der Waals surface area (Å²) >= 11 is 0. The third-order valence-electron chi connectivity index (χ3n) is 5.21. The second-order valence-electron chi connectivity index (χ2n) is 7.88. The molecule has 15 nitrogen and oxygen atoms in total. The predicted molar refractivity (Wildman–Crippen MR) is 114 cm³/mol. The Morgan fingerprint density at radius 2 is 1.79 bits per heavy atom. The summed E-state index contributed by atoms with van der Waals surface area (Å²) in [5.41, 5.74) is 16.3. The van der Waals surface area contributed by atoms with Crippen LogP contribution in [0.2, 0.25) is 0 Å². The summed E-state index contributed by atoms with van der Waals surface area (Å²) in [6, 6.07) is -5.09. The number of primary amides is 2. The number of aliphatic carboxylic acids is 1. The number of carboxylic acids is 1. The summed E-state index contributed by atoms with van der Waals surface area (Å²) in [6.07, 6.45) is 2.36. The number of carboxylic acid groups (broad SMARTS) is 1. The summed E-state index contributed by atoms with van der Waals surface area (Å²) in [5.74, 6) is -5.37. The van der Waals surface area contributed by atoms with E-state index in [1.807, 2.05) is 0 Å². The van der Waals surface area contributed by atoms with Crippen LogP contribution in [0.1, 0.15) is 31.4 Å². The first-order valence-electron chi connectivity index (χ1n) is 10.4. The molecule has 5 amide bonds. The number of likely N-dealkylation sites (tertiary alicyclic amines) is 1. The van der Waals surface area contributed by atoms with Crippen LogP contribution in [0.15, 0.2) is 12.5 Å². The van der Waals surface area contributed by atoms with Gasteiger partial charge in [0.15, 0.2) is 0 Å². The second kappa shape index (κ2) is 11.7. The smallest absolute Gasteiger partial charge is 0.326 e. The van der Waals surface area contributed by atoms with Gasteiger partial charge in [-0.2, -0.15) is 0 Å². The molecule has 1 aliphatic heterocycles. The SMILES string of the molecule is NC(=O)CC(N)C(=O)NC(CC(N)=O)C(=O)N1CCCC1C(=O)NC(Cc1cnc[nH]1)C(=O)O. The van der Waals surface area contributed by atoms with Gasteiger partial charge in [0.2, 0.25) is 29.5 Å². The van der Waals surface area contributed by atoms with Gasteiger partial charge in [-0.1, -0.05) is 0 Å². The second-order valence-corrected chi connectivity index (χ2v) is 7.88. The molecule has 0 radical (unpaired) electrons. The molecule has 0 bridgehead atoms. The van der Waals surface area contributed by atoms with Crippen molar-refractivity contribution in [3.8, 4) is 0 Å². The Hall–Kier alpha value is -4.01. The van der Waals surface area contributed by atoms with E-state index in [1.165, 1.54) is 12.5 Å². The topological polar surface area (TPSA) is 257 Å². The number of carbonyl (C=O) groups is 6. The summed E-state index contributed by atoms with van der Waals surface area (Å²) in [4.78, 5) is 80.0. The number of aromatic nitrogens is 2. The van der Waals surface area contributed by atoms with Crippen molar-refractivity contribution in [1.82, 2.24) is 25.5 Å². The molecular formula is C19H28N8O7. The lowest BCUT2D eigenvalue weighted by molar-refractivity contribution is -0.145. The maximum Gasteiger partial charge on any atom is 0.326 e. The molecule has 1 aromatic rings. The molecule has 15 heteroatoms. The predicted octanol–water partition coefficient (Wildman–Crippen LogP) is -3.92. The maximum absolute atomic E-state index is 13.1. The molecule has 2 heterocycles. The van der Waals surface area contributed by atoms with E-state index in [9.17, 15) is 33.9 Å². The molecule has 2 rings (SSSR count). The van der Waals surface area contributed by atoms with Crippen LogP contribution in [-0.2, 0) is 35.2 Å². The van der Waals surface area contributed by atoms with E-state index in [0.717, 1.165) is 4.90 Å². The van der Waals surface area contributed by atoms with Crippen LogP contribution in [0.5, 0.6) is 0 Å². The number of imidazole rings is 1. The molecule has 4 unspecified atom stereocenters. The van der Waals surface area contributed by atoms with Crippen LogP contribution in [0.3, 0.4) is 0 Å². The van der Waals surface area contributed by atoms with E-state index in [-0.39, 0.29) is 19.4 Å². The summed E-state index contributed by atoms with van der Waals surface area (Å²) in [7, 11) is 0. The lowest BCUT2D eigenvalue weighted by atomic mass is 10.1. The Kier molecular flexibility index (Phi) is 9.06. The van der Waals surface area contributed by atoms with Crippen LogP contribution in [0, 0.1) is 0 Å². The van der Waals surface area contributed by atoms with Gasteiger partial charge in [-0.05, 0) is 12.8 Å². The van der Waals surface area contributed by atoms with Gasteiger partial charge in [0.05, 0.1) is 25.2 Å². The summed E-state index contributed by atoms with van der Waals surface area (Å²) in [6.45, 7) is 0.133. The summed E-state index contributed by atoms with van der Waals surface area (Å²) < 4.78 is 0. The first-order valence-corrected chi connectivity index (χ1v) is 10.4. The Balaban J connectivity index is 2.12. The van der Waals surface area contributed by atoms with E-state index in [4.69, 9.17) is 17.2 Å². The largest absolute Gasteiger partial charge is 0.480 e. The minimum atomic E-state index is -1.43. The van der Waals surface area contributed by atoms with Gasteiger partial charge in [-0.15, -0.1) is 0 Å². The van der Waals surface area contributed by atoms with Crippen molar-refractivity contribution >= 4 is 35.5 Å². The van der Waals surface area contributed by atoms with Crippen LogP contribution in [0.25, 0.3) is 0 Å². The van der Waals surface area contributed by atoms with E-state index in [2.05, 4.69) is 20.6 Å². The molecule has 10 N–H and O–H groups in total. The minimum Gasteiger partial charge on any atom is -0.480 e. The van der Waals surface area contributed by atoms with Crippen molar-refractivity contribution in [2.45, 2.75) is 56.3 Å². The maximum atomic E-state index is 13.1. The van der Waals surface area contributed by atoms with E-state index < -0.39 is 72.5 Å². The molecular weight excluding hydrogens is 452 g/mol. The number of nitrogens with one attached hydrogen (secondary N) is 3. The minimum absolute atomic E-state index is 0.0557. The molecule has 1 aliphatic rings.